The van der Waals surface area contributed by atoms with Gasteiger partial charge in [-0.05, 0) is 31.9 Å². The normalized spacial score (nSPS) is 12.7. The Labute approximate surface area is 115 Å². The van der Waals surface area contributed by atoms with Gasteiger partial charge in [0.15, 0.2) is 0 Å². The van der Waals surface area contributed by atoms with E-state index in [4.69, 9.17) is 10.9 Å². The van der Waals surface area contributed by atoms with Crippen LogP contribution in [0.15, 0.2) is 29.4 Å². The summed E-state index contributed by atoms with van der Waals surface area (Å²) in [6, 6.07) is 8.49. The van der Waals surface area contributed by atoms with Crippen molar-refractivity contribution in [1.29, 1.82) is 0 Å². The van der Waals surface area contributed by atoms with Crippen LogP contribution >= 0.6 is 0 Å². The molecule has 0 saturated heterocycles. The van der Waals surface area contributed by atoms with Crippen LogP contribution in [0.3, 0.4) is 0 Å². The molecule has 0 aliphatic carbocycles. The van der Waals surface area contributed by atoms with Crippen molar-refractivity contribution in [2.24, 2.45) is 16.3 Å². The molecule has 0 amide bonds. The number of hydrogen-bond donors (Lipinski definition) is 3. The van der Waals surface area contributed by atoms with E-state index in [0.29, 0.717) is 5.84 Å². The summed E-state index contributed by atoms with van der Waals surface area (Å²) in [4.78, 5) is 0. The van der Waals surface area contributed by atoms with Crippen LogP contribution in [-0.2, 0) is 6.54 Å². The van der Waals surface area contributed by atoms with Crippen molar-refractivity contribution in [3.05, 3.63) is 35.4 Å². The lowest BCUT2D eigenvalue weighted by molar-refractivity contribution is 0.304. The van der Waals surface area contributed by atoms with Crippen LogP contribution in [0.1, 0.15) is 37.8 Å². The molecule has 0 bridgehead atoms. The van der Waals surface area contributed by atoms with E-state index in [1.807, 2.05) is 13.8 Å². The maximum atomic E-state index is 8.70. The van der Waals surface area contributed by atoms with Crippen molar-refractivity contribution in [1.82, 2.24) is 5.32 Å². The number of oxime groups is 1. The molecule has 0 aromatic heterocycles. The molecule has 0 radical (unpaired) electrons. The monoisotopic (exact) mass is 263 g/mol. The molecule has 106 valence electrons. The lowest BCUT2D eigenvalue weighted by Crippen LogP contribution is -2.32. The lowest BCUT2D eigenvalue weighted by Gasteiger charge is -2.22. The van der Waals surface area contributed by atoms with Crippen molar-refractivity contribution in [3.8, 4) is 0 Å². The van der Waals surface area contributed by atoms with E-state index in [9.17, 15) is 0 Å². The first-order chi connectivity index (χ1) is 8.95. The van der Waals surface area contributed by atoms with E-state index in [-0.39, 0.29) is 5.41 Å². The Hall–Kier alpha value is -1.55. The summed E-state index contributed by atoms with van der Waals surface area (Å²) < 4.78 is 0. The van der Waals surface area contributed by atoms with Gasteiger partial charge < -0.3 is 16.3 Å². The van der Waals surface area contributed by atoms with Crippen LogP contribution in [0.25, 0.3) is 0 Å². The van der Waals surface area contributed by atoms with Crippen LogP contribution in [-0.4, -0.2) is 17.6 Å². The number of rotatable bonds is 7. The Morgan fingerprint density at radius 3 is 2.79 bits per heavy atom. The van der Waals surface area contributed by atoms with Gasteiger partial charge in [-0.1, -0.05) is 48.8 Å². The fourth-order valence-electron chi connectivity index (χ4n) is 1.97. The summed E-state index contributed by atoms with van der Waals surface area (Å²) in [5, 5.41) is 15.2. The Bertz CT molecular complexity index is 427. The summed E-state index contributed by atoms with van der Waals surface area (Å²) in [6.07, 6.45) is 1.89. The van der Waals surface area contributed by atoms with Crippen molar-refractivity contribution >= 4 is 5.84 Å². The summed E-state index contributed by atoms with van der Waals surface area (Å²) >= 11 is 0. The van der Waals surface area contributed by atoms with Crippen LogP contribution in [0.5, 0.6) is 0 Å². The highest BCUT2D eigenvalue weighted by molar-refractivity contribution is 5.85. The molecule has 4 heteroatoms. The second-order valence-corrected chi connectivity index (χ2v) is 5.64. The van der Waals surface area contributed by atoms with Gasteiger partial charge in [0, 0.05) is 12.0 Å². The third-order valence-corrected chi connectivity index (χ3v) is 3.37. The van der Waals surface area contributed by atoms with Gasteiger partial charge in [-0.3, -0.25) is 0 Å². The quantitative estimate of drug-likeness (QED) is 0.233. The molecule has 4 N–H and O–H groups in total. The van der Waals surface area contributed by atoms with E-state index in [1.165, 1.54) is 11.1 Å². The SMILES string of the molecule is Cc1cccc(CNCCCC(C)(C)C(N)=NO)c1. The van der Waals surface area contributed by atoms with E-state index in [1.54, 1.807) is 0 Å². The van der Waals surface area contributed by atoms with E-state index >= 15 is 0 Å². The second kappa shape index (κ2) is 7.14. The summed E-state index contributed by atoms with van der Waals surface area (Å²) in [5.74, 6) is 0.297. The third kappa shape index (κ3) is 5.30. The highest BCUT2D eigenvalue weighted by Crippen LogP contribution is 2.21. The number of nitrogens with two attached hydrogens (primary N) is 1. The highest BCUT2D eigenvalue weighted by atomic mass is 16.4. The molecule has 1 aromatic rings. The van der Waals surface area contributed by atoms with Crippen molar-refractivity contribution < 1.29 is 5.21 Å². The van der Waals surface area contributed by atoms with Crippen molar-refractivity contribution in [2.45, 2.75) is 40.2 Å². The van der Waals surface area contributed by atoms with Gasteiger partial charge in [-0.2, -0.15) is 0 Å². The first kappa shape index (κ1) is 15.5. The van der Waals surface area contributed by atoms with Crippen molar-refractivity contribution in [3.63, 3.8) is 0 Å². The fraction of sp³-hybridized carbons (Fsp3) is 0.533. The van der Waals surface area contributed by atoms with Gasteiger partial charge in [0.25, 0.3) is 0 Å². The minimum atomic E-state index is -0.250. The van der Waals surface area contributed by atoms with E-state index in [2.05, 4.69) is 41.7 Å². The van der Waals surface area contributed by atoms with E-state index in [0.717, 1.165) is 25.9 Å². The first-order valence-corrected chi connectivity index (χ1v) is 6.70. The Kier molecular flexibility index (Phi) is 5.83. The Morgan fingerprint density at radius 2 is 2.16 bits per heavy atom. The average Bonchev–Trinajstić information content (AvgIpc) is 2.37. The number of nitrogens with zero attached hydrogens (tertiary/aromatic N) is 1. The number of hydrogen-bond acceptors (Lipinski definition) is 3. The number of amidine groups is 1. The molecule has 0 aliphatic heterocycles. The lowest BCUT2D eigenvalue weighted by atomic mass is 9.86. The Morgan fingerprint density at radius 1 is 1.42 bits per heavy atom. The summed E-state index contributed by atoms with van der Waals surface area (Å²) in [7, 11) is 0. The van der Waals surface area contributed by atoms with Crippen LogP contribution in [0, 0.1) is 12.3 Å². The van der Waals surface area contributed by atoms with E-state index < -0.39 is 0 Å². The van der Waals surface area contributed by atoms with Crippen LogP contribution < -0.4 is 11.1 Å². The third-order valence-electron chi connectivity index (χ3n) is 3.37. The standard InChI is InChI=1S/C15H25N3O/c1-12-6-4-7-13(10-12)11-17-9-5-8-15(2,3)14(16)18-19/h4,6-7,10,17,19H,5,8-9,11H2,1-3H3,(H2,16,18). The Balaban J connectivity index is 2.25. The van der Waals surface area contributed by atoms with Crippen LogP contribution in [0.2, 0.25) is 0 Å². The van der Waals surface area contributed by atoms with Gasteiger partial charge in [-0.25, -0.2) is 0 Å². The summed E-state index contributed by atoms with van der Waals surface area (Å²) in [5.41, 5.74) is 7.99. The fourth-order valence-corrected chi connectivity index (χ4v) is 1.97. The van der Waals surface area contributed by atoms with Gasteiger partial charge in [0.1, 0.15) is 5.84 Å². The maximum Gasteiger partial charge on any atom is 0.144 e. The maximum absolute atomic E-state index is 8.70. The highest BCUT2D eigenvalue weighted by Gasteiger charge is 2.22. The minimum absolute atomic E-state index is 0.250. The number of nitrogens with one attached hydrogen (secondary N) is 1. The molecule has 0 saturated carbocycles. The van der Waals surface area contributed by atoms with Gasteiger partial charge in [0.2, 0.25) is 0 Å². The molecule has 0 atom stereocenters. The smallest absolute Gasteiger partial charge is 0.144 e. The summed E-state index contributed by atoms with van der Waals surface area (Å²) in [6.45, 7) is 7.88. The molecule has 0 fully saturated rings. The molecule has 4 nitrogen and oxygen atoms in total. The molecular weight excluding hydrogens is 238 g/mol. The predicted molar refractivity (Wildman–Crippen MR) is 79.3 cm³/mol. The minimum Gasteiger partial charge on any atom is -0.409 e. The largest absolute Gasteiger partial charge is 0.409 e. The second-order valence-electron chi connectivity index (χ2n) is 5.64. The molecule has 0 spiro atoms. The molecule has 0 aliphatic rings. The zero-order chi connectivity index (χ0) is 14.3. The van der Waals surface area contributed by atoms with Gasteiger partial charge in [0.05, 0.1) is 0 Å². The zero-order valence-electron chi connectivity index (χ0n) is 12.1. The molecule has 0 heterocycles. The topological polar surface area (TPSA) is 70.6 Å². The molecule has 0 unspecified atom stereocenters. The van der Waals surface area contributed by atoms with Crippen LogP contribution in [0.4, 0.5) is 0 Å². The van der Waals surface area contributed by atoms with Crippen molar-refractivity contribution in [2.75, 3.05) is 6.54 Å². The molecular formula is C15H25N3O. The molecule has 19 heavy (non-hydrogen) atoms. The molecule has 1 aromatic carbocycles. The van der Waals surface area contributed by atoms with Gasteiger partial charge >= 0.3 is 0 Å². The predicted octanol–water partition coefficient (Wildman–Crippen LogP) is 2.64. The zero-order valence-corrected chi connectivity index (χ0v) is 12.1. The average molecular weight is 263 g/mol. The first-order valence-electron chi connectivity index (χ1n) is 6.70. The van der Waals surface area contributed by atoms with Gasteiger partial charge in [-0.15, -0.1) is 0 Å². The number of benzene rings is 1. The number of aryl methyl sites for hydroxylation is 1. The molecule has 1 rings (SSSR count).